The second kappa shape index (κ2) is 6.36. The van der Waals surface area contributed by atoms with E-state index in [0.717, 1.165) is 12.2 Å². The fourth-order valence-electron chi connectivity index (χ4n) is 1.51. The predicted molar refractivity (Wildman–Crippen MR) is 72.8 cm³/mol. The van der Waals surface area contributed by atoms with Gasteiger partial charge in [-0.1, -0.05) is 20.8 Å². The Hall–Kier alpha value is -0.850. The van der Waals surface area contributed by atoms with Crippen LogP contribution >= 0.6 is 0 Å². The molecule has 0 saturated heterocycles. The quantitative estimate of drug-likeness (QED) is 0.781. The Bertz CT molecular complexity index is 478. The van der Waals surface area contributed by atoms with Crippen LogP contribution in [0.3, 0.4) is 0 Å². The van der Waals surface area contributed by atoms with Crippen LogP contribution in [0, 0.1) is 5.92 Å². The minimum Gasteiger partial charge on any atom is -0.352 e. The van der Waals surface area contributed by atoms with Gasteiger partial charge in [-0.15, -0.1) is 0 Å². The van der Waals surface area contributed by atoms with Crippen LogP contribution in [0.4, 0.5) is 0 Å². The Kier molecular flexibility index (Phi) is 5.37. The summed E-state index contributed by atoms with van der Waals surface area (Å²) in [6.45, 7) is 7.96. The molecule has 0 radical (unpaired) electrons. The maximum absolute atomic E-state index is 12.0. The highest BCUT2D eigenvalue weighted by atomic mass is 32.2. The summed E-state index contributed by atoms with van der Waals surface area (Å²) in [5, 5.41) is 3.18. The summed E-state index contributed by atoms with van der Waals surface area (Å²) in [5.41, 5.74) is 0.960. The molecule has 5 nitrogen and oxygen atoms in total. The SMILES string of the molecule is CCNCc1cc(S(=O)(=O)NCC(C)C)cn1C. The van der Waals surface area contributed by atoms with Crippen molar-refractivity contribution in [1.82, 2.24) is 14.6 Å². The summed E-state index contributed by atoms with van der Waals surface area (Å²) in [6, 6.07) is 1.71. The molecule has 0 aliphatic carbocycles. The molecule has 0 aromatic carbocycles. The van der Waals surface area contributed by atoms with E-state index in [1.807, 2.05) is 32.4 Å². The number of hydrogen-bond acceptors (Lipinski definition) is 3. The molecule has 104 valence electrons. The molecule has 1 heterocycles. The Labute approximate surface area is 110 Å². The van der Waals surface area contributed by atoms with Crippen molar-refractivity contribution in [3.63, 3.8) is 0 Å². The van der Waals surface area contributed by atoms with Crippen molar-refractivity contribution < 1.29 is 8.42 Å². The van der Waals surface area contributed by atoms with Gasteiger partial charge in [0.05, 0.1) is 4.90 Å². The molecule has 6 heteroatoms. The first-order valence-electron chi connectivity index (χ1n) is 6.22. The monoisotopic (exact) mass is 273 g/mol. The number of aryl methyl sites for hydroxylation is 1. The number of sulfonamides is 1. The van der Waals surface area contributed by atoms with E-state index in [4.69, 9.17) is 0 Å². The van der Waals surface area contributed by atoms with Gasteiger partial charge in [0.25, 0.3) is 0 Å². The molecule has 1 rings (SSSR count). The molecule has 0 spiro atoms. The molecule has 18 heavy (non-hydrogen) atoms. The zero-order valence-electron chi connectivity index (χ0n) is 11.5. The molecule has 0 saturated carbocycles. The Morgan fingerprint density at radius 3 is 2.61 bits per heavy atom. The third kappa shape index (κ3) is 4.12. The van der Waals surface area contributed by atoms with Crippen molar-refractivity contribution in [2.45, 2.75) is 32.2 Å². The van der Waals surface area contributed by atoms with Crippen molar-refractivity contribution >= 4 is 10.0 Å². The summed E-state index contributed by atoms with van der Waals surface area (Å²) in [7, 11) is -1.53. The topological polar surface area (TPSA) is 63.1 Å². The number of aromatic nitrogens is 1. The molecule has 0 fully saturated rings. The van der Waals surface area contributed by atoms with Gasteiger partial charge < -0.3 is 9.88 Å². The van der Waals surface area contributed by atoms with E-state index < -0.39 is 10.0 Å². The van der Waals surface area contributed by atoms with Crippen LogP contribution in [0.15, 0.2) is 17.2 Å². The van der Waals surface area contributed by atoms with Crippen molar-refractivity contribution in [2.75, 3.05) is 13.1 Å². The van der Waals surface area contributed by atoms with E-state index in [-0.39, 0.29) is 0 Å². The van der Waals surface area contributed by atoms with Gasteiger partial charge >= 0.3 is 0 Å². The normalized spacial score (nSPS) is 12.3. The van der Waals surface area contributed by atoms with Crippen LogP contribution in [-0.4, -0.2) is 26.1 Å². The smallest absolute Gasteiger partial charge is 0.242 e. The maximum atomic E-state index is 12.0. The summed E-state index contributed by atoms with van der Waals surface area (Å²) >= 11 is 0. The zero-order valence-corrected chi connectivity index (χ0v) is 12.3. The van der Waals surface area contributed by atoms with E-state index in [9.17, 15) is 8.42 Å². The second-order valence-electron chi connectivity index (χ2n) is 4.80. The first kappa shape index (κ1) is 15.2. The third-order valence-electron chi connectivity index (χ3n) is 2.63. The maximum Gasteiger partial charge on any atom is 0.242 e. The number of nitrogens with zero attached hydrogens (tertiary/aromatic N) is 1. The van der Waals surface area contributed by atoms with Crippen molar-refractivity contribution in [3.8, 4) is 0 Å². The highest BCUT2D eigenvalue weighted by Gasteiger charge is 2.17. The van der Waals surface area contributed by atoms with E-state index in [1.165, 1.54) is 0 Å². The highest BCUT2D eigenvalue weighted by molar-refractivity contribution is 7.89. The predicted octanol–water partition coefficient (Wildman–Crippen LogP) is 1.07. The van der Waals surface area contributed by atoms with Crippen LogP contribution in [0.5, 0.6) is 0 Å². The van der Waals surface area contributed by atoms with Gasteiger partial charge in [0.2, 0.25) is 10.0 Å². The lowest BCUT2D eigenvalue weighted by molar-refractivity contribution is 0.560. The Morgan fingerprint density at radius 1 is 1.39 bits per heavy atom. The Balaban J connectivity index is 2.83. The first-order chi connectivity index (χ1) is 8.36. The van der Waals surface area contributed by atoms with Gasteiger partial charge in [0.15, 0.2) is 0 Å². The van der Waals surface area contributed by atoms with Gasteiger partial charge in [-0.3, -0.25) is 0 Å². The van der Waals surface area contributed by atoms with Gasteiger partial charge in [0.1, 0.15) is 0 Å². The summed E-state index contributed by atoms with van der Waals surface area (Å²) in [4.78, 5) is 0.332. The van der Waals surface area contributed by atoms with Crippen LogP contribution in [0.25, 0.3) is 0 Å². The lowest BCUT2D eigenvalue weighted by atomic mass is 10.2. The molecule has 0 aliphatic rings. The average molecular weight is 273 g/mol. The van der Waals surface area contributed by atoms with E-state index in [0.29, 0.717) is 23.9 Å². The van der Waals surface area contributed by atoms with E-state index >= 15 is 0 Å². The molecule has 0 bridgehead atoms. The zero-order chi connectivity index (χ0) is 13.8. The highest BCUT2D eigenvalue weighted by Crippen LogP contribution is 2.13. The third-order valence-corrected chi connectivity index (χ3v) is 4.02. The van der Waals surface area contributed by atoms with Gasteiger partial charge in [0, 0.05) is 32.0 Å². The van der Waals surface area contributed by atoms with Crippen LogP contribution in [0.2, 0.25) is 0 Å². The standard InChI is InChI=1S/C12H23N3O2S/c1-5-13-8-11-6-12(9-15(11)4)18(16,17)14-7-10(2)3/h6,9-10,13-14H,5,7-8H2,1-4H3. The fourth-order valence-corrected chi connectivity index (χ4v) is 2.82. The van der Waals surface area contributed by atoms with E-state index in [1.54, 1.807) is 12.3 Å². The molecule has 1 aromatic heterocycles. The fraction of sp³-hybridized carbons (Fsp3) is 0.667. The van der Waals surface area contributed by atoms with Crippen LogP contribution in [-0.2, 0) is 23.6 Å². The molecule has 2 N–H and O–H groups in total. The molecule has 1 aromatic rings. The summed E-state index contributed by atoms with van der Waals surface area (Å²) in [6.07, 6.45) is 1.65. The van der Waals surface area contributed by atoms with Gasteiger partial charge in [-0.25, -0.2) is 13.1 Å². The lowest BCUT2D eigenvalue weighted by Crippen LogP contribution is -2.27. The first-order valence-corrected chi connectivity index (χ1v) is 7.70. The molecule has 0 unspecified atom stereocenters. The minimum absolute atomic E-state index is 0.296. The summed E-state index contributed by atoms with van der Waals surface area (Å²) < 4.78 is 28.5. The van der Waals surface area contributed by atoms with Crippen LogP contribution in [0.1, 0.15) is 26.5 Å². The largest absolute Gasteiger partial charge is 0.352 e. The molecular weight excluding hydrogens is 250 g/mol. The molecular formula is C12H23N3O2S. The average Bonchev–Trinajstić information content (AvgIpc) is 2.66. The van der Waals surface area contributed by atoms with Crippen molar-refractivity contribution in [2.24, 2.45) is 13.0 Å². The summed E-state index contributed by atoms with van der Waals surface area (Å²) in [5.74, 6) is 0.296. The Morgan fingerprint density at radius 2 is 2.06 bits per heavy atom. The molecule has 0 aliphatic heterocycles. The second-order valence-corrected chi connectivity index (χ2v) is 6.57. The van der Waals surface area contributed by atoms with Crippen LogP contribution < -0.4 is 10.0 Å². The van der Waals surface area contributed by atoms with E-state index in [2.05, 4.69) is 10.0 Å². The molecule has 0 amide bonds. The number of rotatable bonds is 7. The molecule has 0 atom stereocenters. The number of nitrogens with one attached hydrogen (secondary N) is 2. The lowest BCUT2D eigenvalue weighted by Gasteiger charge is -2.06. The van der Waals surface area contributed by atoms with Crippen molar-refractivity contribution in [1.29, 1.82) is 0 Å². The van der Waals surface area contributed by atoms with Gasteiger partial charge in [-0.05, 0) is 18.5 Å². The number of hydrogen-bond donors (Lipinski definition) is 2. The minimum atomic E-state index is -3.38. The van der Waals surface area contributed by atoms with Gasteiger partial charge in [-0.2, -0.15) is 0 Å². The van der Waals surface area contributed by atoms with Crippen molar-refractivity contribution in [3.05, 3.63) is 18.0 Å².